The maximum Gasteiger partial charge on any atom is 0.0696 e. The van der Waals surface area contributed by atoms with Gasteiger partial charge in [0.15, 0.2) is 0 Å². The lowest BCUT2D eigenvalue weighted by Gasteiger charge is -2.22. The third-order valence-corrected chi connectivity index (χ3v) is 4.93. The van der Waals surface area contributed by atoms with Crippen molar-refractivity contribution in [2.24, 2.45) is 5.92 Å². The van der Waals surface area contributed by atoms with Crippen molar-refractivity contribution in [2.45, 2.75) is 44.7 Å². The Kier molecular flexibility index (Phi) is 6.05. The zero-order valence-electron chi connectivity index (χ0n) is 12.9. The SMILES string of the molecule is CNC(CC1CCCC1)c1c(Br)cnn1CCN(C)C. The van der Waals surface area contributed by atoms with Crippen molar-refractivity contribution >= 4 is 15.9 Å². The second kappa shape index (κ2) is 7.57. The molecule has 20 heavy (non-hydrogen) atoms. The Morgan fingerprint density at radius 3 is 2.75 bits per heavy atom. The molecule has 5 heteroatoms. The van der Waals surface area contributed by atoms with E-state index < -0.39 is 0 Å². The van der Waals surface area contributed by atoms with Crippen LogP contribution in [0.25, 0.3) is 0 Å². The monoisotopic (exact) mass is 342 g/mol. The van der Waals surface area contributed by atoms with Crippen molar-refractivity contribution in [3.63, 3.8) is 0 Å². The quantitative estimate of drug-likeness (QED) is 0.826. The van der Waals surface area contributed by atoms with Crippen LogP contribution < -0.4 is 5.32 Å². The van der Waals surface area contributed by atoms with Crippen molar-refractivity contribution in [3.8, 4) is 0 Å². The molecule has 0 radical (unpaired) electrons. The summed E-state index contributed by atoms with van der Waals surface area (Å²) in [5.41, 5.74) is 1.31. The predicted octanol–water partition coefficient (Wildman–Crippen LogP) is 3.05. The van der Waals surface area contributed by atoms with Gasteiger partial charge < -0.3 is 10.2 Å². The zero-order valence-corrected chi connectivity index (χ0v) is 14.5. The van der Waals surface area contributed by atoms with Gasteiger partial charge in [-0.2, -0.15) is 5.10 Å². The number of halogens is 1. The lowest BCUT2D eigenvalue weighted by Crippen LogP contribution is -2.26. The highest BCUT2D eigenvalue weighted by Crippen LogP contribution is 2.34. The van der Waals surface area contributed by atoms with Crippen LogP contribution in [0.1, 0.15) is 43.8 Å². The molecule has 1 unspecified atom stereocenters. The van der Waals surface area contributed by atoms with Gasteiger partial charge in [0.05, 0.1) is 29.0 Å². The van der Waals surface area contributed by atoms with E-state index >= 15 is 0 Å². The second-order valence-electron chi connectivity index (χ2n) is 6.13. The molecule has 1 aromatic rings. The van der Waals surface area contributed by atoms with E-state index in [-0.39, 0.29) is 0 Å². The highest BCUT2D eigenvalue weighted by atomic mass is 79.9. The number of aromatic nitrogens is 2. The molecule has 1 aromatic heterocycles. The Labute approximate surface area is 131 Å². The maximum absolute atomic E-state index is 4.53. The van der Waals surface area contributed by atoms with Gasteiger partial charge in [-0.05, 0) is 49.4 Å². The summed E-state index contributed by atoms with van der Waals surface area (Å²) in [6.07, 6.45) is 8.75. The molecule has 1 fully saturated rings. The topological polar surface area (TPSA) is 33.1 Å². The minimum atomic E-state index is 0.400. The number of nitrogens with one attached hydrogen (secondary N) is 1. The first-order valence-electron chi connectivity index (χ1n) is 7.65. The number of nitrogens with zero attached hydrogens (tertiary/aromatic N) is 3. The summed E-state index contributed by atoms with van der Waals surface area (Å²) in [5, 5.41) is 8.03. The first kappa shape index (κ1) is 16.0. The van der Waals surface area contributed by atoms with E-state index in [0.717, 1.165) is 23.5 Å². The van der Waals surface area contributed by atoms with Crippen LogP contribution in [0.4, 0.5) is 0 Å². The lowest BCUT2D eigenvalue weighted by molar-refractivity contribution is 0.350. The van der Waals surface area contributed by atoms with Crippen LogP contribution in [0, 0.1) is 5.92 Å². The molecule has 2 rings (SSSR count). The highest BCUT2D eigenvalue weighted by Gasteiger charge is 2.24. The van der Waals surface area contributed by atoms with Crippen molar-refractivity contribution < 1.29 is 0 Å². The van der Waals surface area contributed by atoms with Crippen LogP contribution in [0.2, 0.25) is 0 Å². The van der Waals surface area contributed by atoms with Crippen LogP contribution in [0.15, 0.2) is 10.7 Å². The summed E-state index contributed by atoms with van der Waals surface area (Å²) in [6.45, 7) is 1.96. The van der Waals surface area contributed by atoms with E-state index in [4.69, 9.17) is 0 Å². The van der Waals surface area contributed by atoms with E-state index in [9.17, 15) is 0 Å². The first-order chi connectivity index (χ1) is 9.61. The molecule has 0 amide bonds. The predicted molar refractivity (Wildman–Crippen MR) is 86.9 cm³/mol. The van der Waals surface area contributed by atoms with Gasteiger partial charge in [0, 0.05) is 6.54 Å². The standard InChI is InChI=1S/C15H27BrN4/c1-17-14(10-12-6-4-5-7-12)15-13(16)11-18-20(15)9-8-19(2)3/h11-12,14,17H,4-10H2,1-3H3. The van der Waals surface area contributed by atoms with Gasteiger partial charge in [-0.3, -0.25) is 4.68 Å². The summed E-state index contributed by atoms with van der Waals surface area (Å²) in [4.78, 5) is 2.20. The molecule has 4 nitrogen and oxygen atoms in total. The molecule has 114 valence electrons. The highest BCUT2D eigenvalue weighted by molar-refractivity contribution is 9.10. The van der Waals surface area contributed by atoms with E-state index in [0.29, 0.717) is 6.04 Å². The molecule has 1 atom stereocenters. The lowest BCUT2D eigenvalue weighted by atomic mass is 9.96. The Hall–Kier alpha value is -0.390. The second-order valence-corrected chi connectivity index (χ2v) is 6.99. The summed E-state index contributed by atoms with van der Waals surface area (Å²) >= 11 is 3.68. The van der Waals surface area contributed by atoms with Crippen molar-refractivity contribution in [3.05, 3.63) is 16.4 Å². The number of hydrogen-bond donors (Lipinski definition) is 1. The molecule has 0 saturated heterocycles. The zero-order chi connectivity index (χ0) is 14.5. The average Bonchev–Trinajstić information content (AvgIpc) is 3.03. The summed E-state index contributed by atoms with van der Waals surface area (Å²) in [7, 11) is 6.27. The number of rotatable bonds is 7. The summed E-state index contributed by atoms with van der Waals surface area (Å²) < 4.78 is 3.29. The van der Waals surface area contributed by atoms with Crippen LogP contribution in [0.5, 0.6) is 0 Å². The Balaban J connectivity index is 2.08. The molecule has 1 N–H and O–H groups in total. The molecule has 0 aliphatic heterocycles. The third kappa shape index (κ3) is 4.06. The van der Waals surface area contributed by atoms with Crippen LogP contribution in [-0.2, 0) is 6.54 Å². The molecule has 0 spiro atoms. The fraction of sp³-hybridized carbons (Fsp3) is 0.800. The number of hydrogen-bond acceptors (Lipinski definition) is 3. The van der Waals surface area contributed by atoms with Crippen LogP contribution in [-0.4, -0.2) is 42.4 Å². The minimum Gasteiger partial charge on any atom is -0.312 e. The van der Waals surface area contributed by atoms with E-state index in [1.807, 2.05) is 6.20 Å². The van der Waals surface area contributed by atoms with E-state index in [1.54, 1.807) is 0 Å². The first-order valence-corrected chi connectivity index (χ1v) is 8.44. The molecular weight excluding hydrogens is 316 g/mol. The molecule has 1 aliphatic rings. The van der Waals surface area contributed by atoms with E-state index in [2.05, 4.69) is 57.1 Å². The Morgan fingerprint density at radius 1 is 1.45 bits per heavy atom. The smallest absolute Gasteiger partial charge is 0.0696 e. The fourth-order valence-corrected chi connectivity index (χ4v) is 3.71. The van der Waals surface area contributed by atoms with Gasteiger partial charge in [0.1, 0.15) is 0 Å². The van der Waals surface area contributed by atoms with Crippen LogP contribution >= 0.6 is 15.9 Å². The van der Waals surface area contributed by atoms with Gasteiger partial charge >= 0.3 is 0 Å². The fourth-order valence-electron chi connectivity index (χ4n) is 3.14. The molecule has 1 heterocycles. The largest absolute Gasteiger partial charge is 0.312 e. The Bertz CT molecular complexity index is 410. The summed E-state index contributed by atoms with van der Waals surface area (Å²) in [6, 6.07) is 0.400. The van der Waals surface area contributed by atoms with E-state index in [1.165, 1.54) is 37.8 Å². The van der Waals surface area contributed by atoms with Gasteiger partial charge in [-0.25, -0.2) is 0 Å². The maximum atomic E-state index is 4.53. The van der Waals surface area contributed by atoms with Gasteiger partial charge in [0.2, 0.25) is 0 Å². The molecule has 1 saturated carbocycles. The van der Waals surface area contributed by atoms with Gasteiger partial charge in [-0.15, -0.1) is 0 Å². The van der Waals surface area contributed by atoms with Gasteiger partial charge in [-0.1, -0.05) is 25.7 Å². The third-order valence-electron chi connectivity index (χ3n) is 4.31. The normalized spacial score (nSPS) is 18.1. The molecular formula is C15H27BrN4. The van der Waals surface area contributed by atoms with Crippen molar-refractivity contribution in [2.75, 3.05) is 27.7 Å². The Morgan fingerprint density at radius 2 is 2.15 bits per heavy atom. The van der Waals surface area contributed by atoms with Gasteiger partial charge in [0.25, 0.3) is 0 Å². The molecule has 0 bridgehead atoms. The number of likely N-dealkylation sites (N-methyl/N-ethyl adjacent to an activating group) is 1. The molecule has 1 aliphatic carbocycles. The minimum absolute atomic E-state index is 0.400. The van der Waals surface area contributed by atoms with Crippen LogP contribution in [0.3, 0.4) is 0 Å². The summed E-state index contributed by atoms with van der Waals surface area (Å²) in [5.74, 6) is 0.872. The average molecular weight is 343 g/mol. The van der Waals surface area contributed by atoms with Crippen molar-refractivity contribution in [1.29, 1.82) is 0 Å². The van der Waals surface area contributed by atoms with Crippen molar-refractivity contribution in [1.82, 2.24) is 20.0 Å². The molecule has 0 aromatic carbocycles.